The van der Waals surface area contributed by atoms with Gasteiger partial charge in [-0.25, -0.2) is 27.5 Å². The lowest BCUT2D eigenvalue weighted by Gasteiger charge is -2.38. The molecule has 348 valence electrons. The van der Waals surface area contributed by atoms with E-state index in [9.17, 15) is 28.0 Å². The SMILES string of the molecule is COc1ccc2c(c1C#CCO[C@@H]1CCN(C[C@H]3CC[C@H](n4cc(NC(=O)c5cnn6ccc(N7C[C@H]8C[C@@H]7CO8)nc56)c(C(F)F)n4)CC3)C[C@@H]1F)n(C)c(=O)n2C1CCC(=O)NC1=O. The molecule has 66 heavy (non-hydrogen) atoms. The van der Waals surface area contributed by atoms with E-state index in [2.05, 4.69) is 42.5 Å². The maximum Gasteiger partial charge on any atom is 0.329 e. The molecule has 4 aliphatic heterocycles. The molecule has 0 spiro atoms. The number of benzene rings is 1. The molecule has 5 fully saturated rings. The molecule has 4 aromatic heterocycles. The Balaban J connectivity index is 0.722. The summed E-state index contributed by atoms with van der Waals surface area (Å²) in [5.74, 6) is 5.91. The smallest absolute Gasteiger partial charge is 0.329 e. The number of piperidine rings is 2. The minimum absolute atomic E-state index is 0.0579. The predicted octanol–water partition coefficient (Wildman–Crippen LogP) is 3.94. The third-order valence-electron chi connectivity index (χ3n) is 13.8. The highest BCUT2D eigenvalue weighted by atomic mass is 19.3. The van der Waals surface area contributed by atoms with Gasteiger partial charge in [0.1, 0.15) is 36.0 Å². The van der Waals surface area contributed by atoms with Gasteiger partial charge in [0.05, 0.1) is 66.5 Å². The number of halogens is 3. The number of anilines is 2. The lowest BCUT2D eigenvalue weighted by Crippen LogP contribution is -2.47. The fourth-order valence-electron chi connectivity index (χ4n) is 10.4. The number of ether oxygens (including phenoxy) is 3. The molecule has 8 heterocycles. The van der Waals surface area contributed by atoms with Crippen LogP contribution >= 0.6 is 0 Å². The van der Waals surface area contributed by atoms with Gasteiger partial charge in [-0.1, -0.05) is 11.8 Å². The highest BCUT2D eigenvalue weighted by Crippen LogP contribution is 2.37. The Kier molecular flexibility index (Phi) is 11.8. The molecule has 1 unspecified atom stereocenters. The number of nitrogens with zero attached hydrogens (tertiary/aromatic N) is 9. The van der Waals surface area contributed by atoms with E-state index in [0.717, 1.165) is 19.3 Å². The highest BCUT2D eigenvalue weighted by molar-refractivity contribution is 6.08. The number of fused-ring (bicyclic) bond motifs is 4. The first-order chi connectivity index (χ1) is 31.9. The second-order valence-corrected chi connectivity index (χ2v) is 17.9. The van der Waals surface area contributed by atoms with Crippen molar-refractivity contribution < 1.29 is 41.8 Å². The summed E-state index contributed by atoms with van der Waals surface area (Å²) in [5.41, 5.74) is 0.850. The molecule has 3 amide bonds. The summed E-state index contributed by atoms with van der Waals surface area (Å²) >= 11 is 0. The number of hydrogen-bond acceptors (Lipinski definition) is 12. The van der Waals surface area contributed by atoms with Gasteiger partial charge in [0.2, 0.25) is 11.8 Å². The normalized spacial score (nSPS) is 25.7. The third-order valence-corrected chi connectivity index (χ3v) is 13.8. The highest BCUT2D eigenvalue weighted by Gasteiger charge is 2.40. The zero-order valence-electron chi connectivity index (χ0n) is 36.5. The molecule has 2 N–H and O–H groups in total. The van der Waals surface area contributed by atoms with Crippen LogP contribution in [0.2, 0.25) is 0 Å². The first-order valence-corrected chi connectivity index (χ1v) is 22.4. The molecular formula is C45H50F3N11O7. The van der Waals surface area contributed by atoms with Crippen LogP contribution < -0.4 is 26.0 Å². The summed E-state index contributed by atoms with van der Waals surface area (Å²) in [6, 6.07) is 4.43. The van der Waals surface area contributed by atoms with Crippen molar-refractivity contribution in [2.45, 2.75) is 94.3 Å². The Labute approximate surface area is 376 Å². The average Bonchev–Trinajstić information content (AvgIpc) is 4.16. The lowest BCUT2D eigenvalue weighted by molar-refractivity contribution is -0.135. The molecule has 21 heteroatoms. The van der Waals surface area contributed by atoms with E-state index < -0.39 is 47.9 Å². The number of aromatic nitrogens is 7. The number of aryl methyl sites for hydroxylation is 1. The first-order valence-electron chi connectivity index (χ1n) is 22.4. The van der Waals surface area contributed by atoms with Crippen LogP contribution in [-0.2, 0) is 26.1 Å². The second-order valence-electron chi connectivity index (χ2n) is 17.9. The van der Waals surface area contributed by atoms with Gasteiger partial charge in [0.15, 0.2) is 11.3 Å². The van der Waals surface area contributed by atoms with Crippen LogP contribution in [0.25, 0.3) is 16.7 Å². The first kappa shape index (κ1) is 43.6. The Hall–Kier alpha value is -6.24. The number of alkyl halides is 3. The number of nitrogens with one attached hydrogen (secondary N) is 2. The fraction of sp³-hybridized carbons (Fsp3) is 0.533. The molecule has 1 aromatic carbocycles. The van der Waals surface area contributed by atoms with E-state index in [0.29, 0.717) is 79.3 Å². The summed E-state index contributed by atoms with van der Waals surface area (Å²) < 4.78 is 67.2. The molecule has 0 radical (unpaired) electrons. The zero-order valence-corrected chi connectivity index (χ0v) is 36.5. The van der Waals surface area contributed by atoms with E-state index in [-0.39, 0.29) is 67.3 Å². The van der Waals surface area contributed by atoms with Gasteiger partial charge in [-0.2, -0.15) is 10.2 Å². The van der Waals surface area contributed by atoms with Gasteiger partial charge in [0, 0.05) is 52.0 Å². The van der Waals surface area contributed by atoms with Gasteiger partial charge < -0.3 is 24.4 Å². The number of imide groups is 1. The molecule has 10 rings (SSSR count). The minimum Gasteiger partial charge on any atom is -0.495 e. The molecule has 5 atom stereocenters. The standard InChI is InChI=1S/C45H50F3N11O7/c1-54-40-29(35(64-2)11-9-33(40)59(45(54)63)34-10-12-38(60)52-44(34)62)4-3-17-65-36-13-15-55(22-31(36)46)20-25-5-7-26(8-6-25)58-23-32(39(53-58)41(47)48)50-43(61)30-19-49-57-16-14-37(51-42(30)57)56-21-28-18-27(56)24-66-28/h9,11,14,16,19,23,25-28,31,34,36,41H,5-8,10,12-13,15,17-18,20-22,24H2,1-2H3,(H,50,61)(H,52,60,62)/t25-,26-,27-,28-,31+,34?,36-/m1/s1. The molecule has 2 bridgehead atoms. The number of carbonyl (C=O) groups is 3. The Morgan fingerprint density at radius 3 is 2.64 bits per heavy atom. The van der Waals surface area contributed by atoms with Crippen molar-refractivity contribution in [3.05, 3.63) is 64.1 Å². The van der Waals surface area contributed by atoms with Crippen LogP contribution in [0, 0.1) is 17.8 Å². The topological polar surface area (TPSA) is 184 Å². The van der Waals surface area contributed by atoms with Crippen LogP contribution in [-0.4, -0.2) is 127 Å². The minimum atomic E-state index is -2.91. The number of imidazole rings is 1. The number of hydrogen-bond donors (Lipinski definition) is 2. The number of methoxy groups -OCH3 is 1. The number of likely N-dealkylation sites (tertiary alicyclic amines) is 1. The molecular weight excluding hydrogens is 864 g/mol. The second kappa shape index (κ2) is 17.9. The molecule has 18 nitrogen and oxygen atoms in total. The monoisotopic (exact) mass is 913 g/mol. The van der Waals surface area contributed by atoms with E-state index in [1.807, 2.05) is 6.07 Å². The largest absolute Gasteiger partial charge is 0.495 e. The van der Waals surface area contributed by atoms with E-state index in [4.69, 9.17) is 19.2 Å². The quantitative estimate of drug-likeness (QED) is 0.144. The van der Waals surface area contributed by atoms with E-state index in [1.165, 1.54) is 33.2 Å². The Morgan fingerprint density at radius 2 is 1.91 bits per heavy atom. The van der Waals surface area contributed by atoms with Crippen molar-refractivity contribution in [2.75, 3.05) is 56.7 Å². The summed E-state index contributed by atoms with van der Waals surface area (Å²) in [7, 11) is 3.07. The zero-order chi connectivity index (χ0) is 45.8. The lowest BCUT2D eigenvalue weighted by atomic mass is 9.85. The van der Waals surface area contributed by atoms with Crippen molar-refractivity contribution >= 4 is 45.9 Å². The summed E-state index contributed by atoms with van der Waals surface area (Å²) in [6.07, 6.45) is 4.67. The van der Waals surface area contributed by atoms with Crippen molar-refractivity contribution in [1.82, 2.24) is 43.7 Å². The van der Waals surface area contributed by atoms with E-state index >= 15 is 4.39 Å². The molecule has 5 aliphatic rings. The van der Waals surface area contributed by atoms with Gasteiger partial charge in [-0.15, -0.1) is 0 Å². The molecule has 5 aromatic rings. The van der Waals surface area contributed by atoms with Gasteiger partial charge in [-0.3, -0.25) is 38.4 Å². The van der Waals surface area contributed by atoms with Crippen molar-refractivity contribution in [1.29, 1.82) is 0 Å². The average molecular weight is 914 g/mol. The van der Waals surface area contributed by atoms with Crippen LogP contribution in [0.5, 0.6) is 5.75 Å². The van der Waals surface area contributed by atoms with Crippen LogP contribution in [0.4, 0.5) is 24.7 Å². The Morgan fingerprint density at radius 1 is 1.08 bits per heavy atom. The van der Waals surface area contributed by atoms with Gasteiger partial charge >= 0.3 is 5.69 Å². The van der Waals surface area contributed by atoms with Gasteiger partial charge in [0.25, 0.3) is 12.3 Å². The summed E-state index contributed by atoms with van der Waals surface area (Å²) in [4.78, 5) is 60.4. The number of rotatable bonds is 11. The number of amides is 3. The maximum absolute atomic E-state index is 15.6. The molecule has 4 saturated heterocycles. The Bertz CT molecular complexity index is 2820. The van der Waals surface area contributed by atoms with Crippen molar-refractivity contribution in [3.8, 4) is 17.6 Å². The van der Waals surface area contributed by atoms with Crippen molar-refractivity contribution in [2.24, 2.45) is 13.0 Å². The van der Waals surface area contributed by atoms with E-state index in [1.54, 1.807) is 30.1 Å². The third kappa shape index (κ3) is 8.19. The number of morpholine rings is 1. The molecule has 1 aliphatic carbocycles. The van der Waals surface area contributed by atoms with Gasteiger partial charge in [-0.05, 0) is 69.1 Å². The maximum atomic E-state index is 15.6. The van der Waals surface area contributed by atoms with Crippen LogP contribution in [0.15, 0.2) is 41.6 Å². The fourth-order valence-corrected chi connectivity index (χ4v) is 10.4. The van der Waals surface area contributed by atoms with Crippen molar-refractivity contribution in [3.63, 3.8) is 0 Å². The summed E-state index contributed by atoms with van der Waals surface area (Å²) in [5, 5.41) is 13.5. The van der Waals surface area contributed by atoms with Crippen LogP contribution in [0.1, 0.15) is 91.5 Å². The number of carbonyl (C=O) groups excluding carboxylic acids is 3. The predicted molar refractivity (Wildman–Crippen MR) is 232 cm³/mol. The molecule has 1 saturated carbocycles. The van der Waals surface area contributed by atoms with Crippen LogP contribution in [0.3, 0.4) is 0 Å². The summed E-state index contributed by atoms with van der Waals surface area (Å²) in [6.45, 7) is 2.83.